The summed E-state index contributed by atoms with van der Waals surface area (Å²) in [7, 11) is -3.72. The number of halogens is 3. The van der Waals surface area contributed by atoms with Gasteiger partial charge < -0.3 is 27.2 Å². The monoisotopic (exact) mass is 537 g/mol. The summed E-state index contributed by atoms with van der Waals surface area (Å²) in [4.78, 5) is 16.1. The second-order valence-corrected chi connectivity index (χ2v) is 10.6. The highest BCUT2D eigenvalue weighted by atomic mass is 32.2. The van der Waals surface area contributed by atoms with Crippen LogP contribution >= 0.6 is 0 Å². The lowest BCUT2D eigenvalue weighted by Gasteiger charge is -2.17. The number of carbonyl (C=O) groups excluding carboxylic acids is 1. The second kappa shape index (κ2) is 10.6. The summed E-state index contributed by atoms with van der Waals surface area (Å²) >= 11 is 0. The predicted octanol–water partition coefficient (Wildman–Crippen LogP) is 2.91. The molecule has 1 fully saturated rings. The van der Waals surface area contributed by atoms with Gasteiger partial charge in [-0.3, -0.25) is 0 Å². The smallest absolute Gasteiger partial charge is 0.401 e. The lowest BCUT2D eigenvalue weighted by molar-refractivity contribution is -0.201. The van der Waals surface area contributed by atoms with Gasteiger partial charge in [0.05, 0.1) is 17.1 Å². The number of alkyl halides is 3. The van der Waals surface area contributed by atoms with Crippen molar-refractivity contribution in [3.8, 4) is 0 Å². The number of amidine groups is 1. The van der Waals surface area contributed by atoms with Gasteiger partial charge in [0.15, 0.2) is 15.9 Å². The molecular formula is C24H26F3N5O4S. The molecule has 13 heteroatoms. The van der Waals surface area contributed by atoms with Crippen LogP contribution in [0.1, 0.15) is 18.4 Å². The molecule has 1 aliphatic carbocycles. The van der Waals surface area contributed by atoms with Crippen LogP contribution in [0.15, 0.2) is 82.8 Å². The zero-order chi connectivity index (χ0) is 27.4. The molecule has 1 atom stereocenters. The van der Waals surface area contributed by atoms with Gasteiger partial charge in [0.2, 0.25) is 0 Å². The van der Waals surface area contributed by atoms with Crippen molar-refractivity contribution >= 4 is 33.1 Å². The van der Waals surface area contributed by atoms with E-state index in [9.17, 15) is 26.4 Å². The fourth-order valence-electron chi connectivity index (χ4n) is 3.42. The molecule has 7 N–H and O–H groups in total. The van der Waals surface area contributed by atoms with E-state index in [0.717, 1.165) is 0 Å². The predicted molar refractivity (Wildman–Crippen MR) is 134 cm³/mol. The summed E-state index contributed by atoms with van der Waals surface area (Å²) in [6.45, 7) is 2.82. The van der Waals surface area contributed by atoms with E-state index in [-0.39, 0.29) is 27.8 Å². The van der Waals surface area contributed by atoms with E-state index in [1.165, 1.54) is 42.5 Å². The summed E-state index contributed by atoms with van der Waals surface area (Å²) < 4.78 is 61.9. The van der Waals surface area contributed by atoms with Crippen LogP contribution in [0.4, 0.5) is 23.7 Å². The highest BCUT2D eigenvalue weighted by Gasteiger charge is 2.57. The Morgan fingerprint density at radius 1 is 1.14 bits per heavy atom. The molecule has 1 unspecified atom stereocenters. The average Bonchev–Trinajstić information content (AvgIpc) is 3.66. The fraction of sp³-hybridized carbons (Fsp3) is 0.250. The summed E-state index contributed by atoms with van der Waals surface area (Å²) in [5.41, 5.74) is 13.2. The Morgan fingerprint density at radius 2 is 1.73 bits per heavy atom. The number of urea groups is 1. The number of aliphatic imine (C=N–C) groups is 1. The van der Waals surface area contributed by atoms with Crippen LogP contribution in [-0.4, -0.2) is 49.0 Å². The maximum Gasteiger partial charge on any atom is 0.416 e. The first-order valence-electron chi connectivity index (χ1n) is 11.0. The molecule has 37 heavy (non-hydrogen) atoms. The molecule has 0 heterocycles. The largest absolute Gasteiger partial charge is 0.416 e. The Balaban J connectivity index is 1.64. The number of nitrogens with two attached hydrogens (primary N) is 2. The van der Waals surface area contributed by atoms with Crippen molar-refractivity contribution in [2.75, 3.05) is 11.9 Å². The summed E-state index contributed by atoms with van der Waals surface area (Å²) in [5, 5.41) is 13.2. The van der Waals surface area contributed by atoms with E-state index in [2.05, 4.69) is 16.9 Å². The third-order valence-electron chi connectivity index (χ3n) is 5.68. The first-order chi connectivity index (χ1) is 17.3. The van der Waals surface area contributed by atoms with Crippen LogP contribution in [0.2, 0.25) is 0 Å². The Hall–Kier alpha value is -3.84. The number of aliphatic hydroxyl groups excluding tert-OH is 1. The molecule has 9 nitrogen and oxygen atoms in total. The zero-order valence-electron chi connectivity index (χ0n) is 19.5. The van der Waals surface area contributed by atoms with Crippen molar-refractivity contribution < 1.29 is 31.5 Å². The number of hydrogen-bond acceptors (Lipinski definition) is 6. The van der Waals surface area contributed by atoms with Crippen LogP contribution in [0.25, 0.3) is 5.70 Å². The average molecular weight is 538 g/mol. The van der Waals surface area contributed by atoms with Gasteiger partial charge in [-0.2, -0.15) is 13.2 Å². The Morgan fingerprint density at radius 3 is 2.27 bits per heavy atom. The third kappa shape index (κ3) is 6.49. The quantitative estimate of drug-likeness (QED) is 0.244. The van der Waals surface area contributed by atoms with E-state index >= 15 is 0 Å². The van der Waals surface area contributed by atoms with Crippen LogP contribution in [0.5, 0.6) is 0 Å². The van der Waals surface area contributed by atoms with E-state index in [4.69, 9.17) is 16.6 Å². The topological polar surface area (TPSA) is 160 Å². The van der Waals surface area contributed by atoms with Crippen molar-refractivity contribution in [2.45, 2.75) is 34.8 Å². The first-order valence-corrected chi connectivity index (χ1v) is 12.4. The van der Waals surface area contributed by atoms with Crippen molar-refractivity contribution in [2.24, 2.45) is 16.5 Å². The number of aliphatic hydroxyl groups is 1. The van der Waals surface area contributed by atoms with E-state index in [1.807, 2.05) is 5.32 Å². The van der Waals surface area contributed by atoms with Crippen LogP contribution in [-0.2, 0) is 9.84 Å². The number of amides is 2. The minimum absolute atomic E-state index is 0.0539. The minimum atomic E-state index is -4.84. The number of sulfone groups is 1. The number of nitrogens with one attached hydrogen (secondary N) is 2. The van der Waals surface area contributed by atoms with Crippen molar-refractivity contribution in [3.05, 3.63) is 78.5 Å². The lowest BCUT2D eigenvalue weighted by atomic mass is 10.1. The van der Waals surface area contributed by atoms with Gasteiger partial charge in [-0.05, 0) is 42.7 Å². The molecule has 0 radical (unpaired) electrons. The Labute approximate surface area is 211 Å². The first kappa shape index (κ1) is 27.7. The van der Waals surface area contributed by atoms with Crippen LogP contribution in [0.3, 0.4) is 0 Å². The molecule has 2 aromatic rings. The Kier molecular flexibility index (Phi) is 7.98. The molecule has 0 aliphatic heterocycles. The lowest BCUT2D eigenvalue weighted by Crippen LogP contribution is -2.42. The van der Waals surface area contributed by atoms with Gasteiger partial charge in [-0.15, -0.1) is 0 Å². The van der Waals surface area contributed by atoms with Crippen molar-refractivity contribution in [3.63, 3.8) is 0 Å². The van der Waals surface area contributed by atoms with Crippen molar-refractivity contribution in [1.82, 2.24) is 5.32 Å². The number of anilines is 1. The number of rotatable bonds is 9. The maximum absolute atomic E-state index is 13.1. The minimum Gasteiger partial charge on any atom is -0.401 e. The zero-order valence-corrected chi connectivity index (χ0v) is 20.3. The van der Waals surface area contributed by atoms with Gasteiger partial charge >= 0.3 is 12.2 Å². The Bertz CT molecular complexity index is 1320. The highest BCUT2D eigenvalue weighted by molar-refractivity contribution is 7.93. The van der Waals surface area contributed by atoms with Gasteiger partial charge in [-0.25, -0.2) is 18.2 Å². The standard InChI is InChI=1S/C24H26F3N5O4S/c1-15(16-7-9-17(10-8-16)32-22(34)30-14-20(33)24(25,26)27)31-21(29)13-19(28)23(11-12-23)37(35,36)18-5-3-2-4-6-18/h2-10,13,20,33H,1,11-12,14,28H2,(H2,29,31)(H2,30,32,34)/b19-13-. The van der Waals surface area contributed by atoms with Crippen LogP contribution < -0.4 is 22.1 Å². The molecule has 1 saturated carbocycles. The molecule has 198 valence electrons. The maximum atomic E-state index is 13.1. The number of carbonyl (C=O) groups is 1. The molecule has 0 spiro atoms. The summed E-state index contributed by atoms with van der Waals surface area (Å²) in [6.07, 6.45) is -5.50. The van der Waals surface area contributed by atoms with E-state index in [1.54, 1.807) is 18.2 Å². The summed E-state index contributed by atoms with van der Waals surface area (Å²) in [6, 6.07) is 13.1. The SMILES string of the molecule is C=C(N=C(N)/C=C(\N)C1(S(=O)(=O)c2ccccc2)CC1)c1ccc(NC(=O)NCC(O)C(F)(F)F)cc1. The molecule has 0 bridgehead atoms. The molecule has 1 aliphatic rings. The molecular weight excluding hydrogens is 511 g/mol. The highest BCUT2D eigenvalue weighted by Crippen LogP contribution is 2.50. The fourth-order valence-corrected chi connectivity index (χ4v) is 5.40. The molecule has 2 amide bonds. The van der Waals surface area contributed by atoms with Gasteiger partial charge in [-0.1, -0.05) is 36.9 Å². The molecule has 3 rings (SSSR count). The number of nitrogens with zero attached hydrogens (tertiary/aromatic N) is 1. The molecule has 0 aromatic heterocycles. The summed E-state index contributed by atoms with van der Waals surface area (Å²) in [5.74, 6) is -0.0539. The normalized spacial score (nSPS) is 16.5. The number of hydrogen-bond donors (Lipinski definition) is 5. The van der Waals surface area contributed by atoms with E-state index in [0.29, 0.717) is 18.4 Å². The number of benzene rings is 2. The van der Waals surface area contributed by atoms with Crippen LogP contribution in [0, 0.1) is 0 Å². The molecule has 2 aromatic carbocycles. The second-order valence-electron chi connectivity index (χ2n) is 8.36. The van der Waals surface area contributed by atoms with Gasteiger partial charge in [0, 0.05) is 17.5 Å². The van der Waals surface area contributed by atoms with Gasteiger partial charge in [0.25, 0.3) is 0 Å². The van der Waals surface area contributed by atoms with E-state index < -0.39 is 39.4 Å². The van der Waals surface area contributed by atoms with Crippen molar-refractivity contribution in [1.29, 1.82) is 0 Å². The molecule has 0 saturated heterocycles. The van der Waals surface area contributed by atoms with Gasteiger partial charge in [0.1, 0.15) is 10.6 Å². The third-order valence-corrected chi connectivity index (χ3v) is 8.24.